The van der Waals surface area contributed by atoms with Crippen LogP contribution in [0.5, 0.6) is 0 Å². The van der Waals surface area contributed by atoms with Crippen LogP contribution in [0.3, 0.4) is 0 Å². The van der Waals surface area contributed by atoms with E-state index >= 15 is 0 Å². The molecular weight excluding hydrogens is 324 g/mol. The maximum absolute atomic E-state index is 12.2. The van der Waals surface area contributed by atoms with Crippen LogP contribution in [0, 0.1) is 10.1 Å². The van der Waals surface area contributed by atoms with Crippen molar-refractivity contribution in [2.75, 3.05) is 13.2 Å². The van der Waals surface area contributed by atoms with Crippen LogP contribution in [0.25, 0.3) is 0 Å². The van der Waals surface area contributed by atoms with Gasteiger partial charge < -0.3 is 14.8 Å². The Bertz CT molecular complexity index is 733. The smallest absolute Gasteiger partial charge is 0.269 e. The van der Waals surface area contributed by atoms with Gasteiger partial charge in [0.1, 0.15) is 0 Å². The fraction of sp³-hybridized carbons (Fsp3) is 0.278. The minimum absolute atomic E-state index is 0.0189. The van der Waals surface area contributed by atoms with Gasteiger partial charge in [-0.2, -0.15) is 0 Å². The van der Waals surface area contributed by atoms with Crippen molar-refractivity contribution in [1.29, 1.82) is 0 Å². The molecule has 1 heterocycles. The molecule has 2 aromatic rings. The minimum atomic E-state index is -0.598. The molecule has 7 nitrogen and oxygen atoms in total. The zero-order chi connectivity index (χ0) is 17.6. The Morgan fingerprint density at radius 2 is 1.80 bits per heavy atom. The number of carbonyl (C=O) groups is 1. The third kappa shape index (κ3) is 4.40. The zero-order valence-corrected chi connectivity index (χ0v) is 13.5. The van der Waals surface area contributed by atoms with Crippen molar-refractivity contribution in [3.63, 3.8) is 0 Å². The summed E-state index contributed by atoms with van der Waals surface area (Å²) in [6.45, 7) is 0.724. The largest absolute Gasteiger partial charge is 0.348 e. The number of hydrogen-bond donors (Lipinski definition) is 1. The fourth-order valence-corrected chi connectivity index (χ4v) is 2.57. The van der Waals surface area contributed by atoms with Crippen LogP contribution in [-0.4, -0.2) is 30.1 Å². The van der Waals surface area contributed by atoms with Gasteiger partial charge in [-0.3, -0.25) is 14.9 Å². The van der Waals surface area contributed by atoms with Crippen LogP contribution < -0.4 is 5.32 Å². The van der Waals surface area contributed by atoms with E-state index in [0.29, 0.717) is 30.8 Å². The fourth-order valence-electron chi connectivity index (χ4n) is 2.57. The number of amides is 1. The van der Waals surface area contributed by atoms with Crippen LogP contribution in [0.15, 0.2) is 54.6 Å². The number of rotatable bonds is 4. The Morgan fingerprint density at radius 3 is 2.48 bits per heavy atom. The molecule has 0 saturated carbocycles. The molecule has 0 unspecified atom stereocenters. The molecule has 1 aliphatic rings. The van der Waals surface area contributed by atoms with Crippen molar-refractivity contribution in [3.8, 4) is 0 Å². The van der Waals surface area contributed by atoms with E-state index in [4.69, 9.17) is 9.47 Å². The number of ether oxygens (including phenoxy) is 2. The summed E-state index contributed by atoms with van der Waals surface area (Å²) in [5.41, 5.74) is 1.32. The van der Waals surface area contributed by atoms with E-state index in [1.54, 1.807) is 24.3 Å². The SMILES string of the molecule is O=C(N[C@H]1CCO[C@H](c2ccc([N+](=O)[O-])cc2)OC1)c1ccccc1. The van der Waals surface area contributed by atoms with Gasteiger partial charge in [0.2, 0.25) is 0 Å². The van der Waals surface area contributed by atoms with Gasteiger partial charge in [0.05, 0.1) is 24.2 Å². The molecule has 2 atom stereocenters. The average Bonchev–Trinajstić information content (AvgIpc) is 2.88. The summed E-state index contributed by atoms with van der Waals surface area (Å²) < 4.78 is 11.4. The standard InChI is InChI=1S/C18H18N2O5/c21-17(13-4-2-1-3-5-13)19-15-10-11-24-18(25-12-15)14-6-8-16(9-7-14)20(22)23/h1-9,15,18H,10-12H2,(H,19,21)/t15-,18-/m0/s1. The molecule has 3 rings (SSSR count). The molecule has 7 heteroatoms. The van der Waals surface area contributed by atoms with E-state index in [9.17, 15) is 14.9 Å². The second-order valence-electron chi connectivity index (χ2n) is 5.71. The molecule has 1 saturated heterocycles. The number of non-ortho nitro benzene ring substituents is 1. The van der Waals surface area contributed by atoms with E-state index in [2.05, 4.69) is 5.32 Å². The Labute approximate surface area is 144 Å². The van der Waals surface area contributed by atoms with Crippen LogP contribution in [0.1, 0.15) is 28.6 Å². The zero-order valence-electron chi connectivity index (χ0n) is 13.5. The second-order valence-corrected chi connectivity index (χ2v) is 5.71. The maximum Gasteiger partial charge on any atom is 0.269 e. The molecule has 0 spiro atoms. The lowest BCUT2D eigenvalue weighted by Crippen LogP contribution is -2.38. The highest BCUT2D eigenvalue weighted by atomic mass is 16.7. The van der Waals surface area contributed by atoms with Crippen LogP contribution >= 0.6 is 0 Å². The molecule has 1 aliphatic heterocycles. The predicted molar refractivity (Wildman–Crippen MR) is 90.1 cm³/mol. The summed E-state index contributed by atoms with van der Waals surface area (Å²) >= 11 is 0. The molecule has 1 fully saturated rings. The monoisotopic (exact) mass is 342 g/mol. The predicted octanol–water partition coefficient (Wildman–Crippen LogP) is 2.83. The first kappa shape index (κ1) is 17.1. The first-order chi connectivity index (χ1) is 12.1. The lowest BCUT2D eigenvalue weighted by molar-refractivity contribution is -0.384. The van der Waals surface area contributed by atoms with Gasteiger partial charge in [-0.1, -0.05) is 18.2 Å². The van der Waals surface area contributed by atoms with Crippen molar-refractivity contribution in [3.05, 3.63) is 75.8 Å². The van der Waals surface area contributed by atoms with Crippen LogP contribution in [-0.2, 0) is 9.47 Å². The van der Waals surface area contributed by atoms with Crippen molar-refractivity contribution in [1.82, 2.24) is 5.32 Å². The summed E-state index contributed by atoms with van der Waals surface area (Å²) in [6, 6.07) is 14.9. The van der Waals surface area contributed by atoms with E-state index in [1.807, 2.05) is 18.2 Å². The Kier molecular flexibility index (Phi) is 5.37. The van der Waals surface area contributed by atoms with Gasteiger partial charge in [-0.05, 0) is 30.7 Å². The summed E-state index contributed by atoms with van der Waals surface area (Å²) in [5, 5.41) is 13.6. The van der Waals surface area contributed by atoms with Crippen molar-refractivity contribution >= 4 is 11.6 Å². The number of nitrogens with one attached hydrogen (secondary N) is 1. The van der Waals surface area contributed by atoms with Gasteiger partial charge in [-0.15, -0.1) is 0 Å². The summed E-state index contributed by atoms with van der Waals surface area (Å²) in [5.74, 6) is -0.150. The molecule has 0 radical (unpaired) electrons. The highest BCUT2D eigenvalue weighted by Crippen LogP contribution is 2.24. The highest BCUT2D eigenvalue weighted by molar-refractivity contribution is 5.94. The Hall–Kier alpha value is -2.77. The number of benzene rings is 2. The van der Waals surface area contributed by atoms with Gasteiger partial charge in [-0.25, -0.2) is 0 Å². The lowest BCUT2D eigenvalue weighted by Gasteiger charge is -2.17. The van der Waals surface area contributed by atoms with Crippen molar-refractivity contribution in [2.45, 2.75) is 18.8 Å². The van der Waals surface area contributed by atoms with Gasteiger partial charge >= 0.3 is 0 Å². The summed E-state index contributed by atoms with van der Waals surface area (Å²) in [7, 11) is 0. The van der Waals surface area contributed by atoms with Crippen LogP contribution in [0.2, 0.25) is 0 Å². The number of hydrogen-bond acceptors (Lipinski definition) is 5. The topological polar surface area (TPSA) is 90.7 Å². The average molecular weight is 342 g/mol. The van der Waals surface area contributed by atoms with E-state index in [-0.39, 0.29) is 17.6 Å². The Balaban J connectivity index is 1.58. The lowest BCUT2D eigenvalue weighted by atomic mass is 10.1. The number of nitrogens with zero attached hydrogens (tertiary/aromatic N) is 1. The van der Waals surface area contributed by atoms with Gasteiger partial charge in [0.25, 0.3) is 11.6 Å². The molecule has 2 aromatic carbocycles. The summed E-state index contributed by atoms with van der Waals surface area (Å²) in [6.07, 6.45) is 0.0293. The van der Waals surface area contributed by atoms with E-state index in [0.717, 1.165) is 0 Å². The van der Waals surface area contributed by atoms with Gasteiger partial charge in [0, 0.05) is 23.3 Å². The van der Waals surface area contributed by atoms with Crippen LogP contribution in [0.4, 0.5) is 5.69 Å². The first-order valence-electron chi connectivity index (χ1n) is 7.97. The van der Waals surface area contributed by atoms with Gasteiger partial charge in [0.15, 0.2) is 6.29 Å². The summed E-state index contributed by atoms with van der Waals surface area (Å²) in [4.78, 5) is 22.5. The van der Waals surface area contributed by atoms with E-state index < -0.39 is 11.2 Å². The molecule has 1 amide bonds. The molecule has 0 aliphatic carbocycles. The van der Waals surface area contributed by atoms with Crippen molar-refractivity contribution in [2.24, 2.45) is 0 Å². The third-order valence-electron chi connectivity index (χ3n) is 3.93. The molecule has 0 aromatic heterocycles. The number of carbonyl (C=O) groups excluding carboxylic acids is 1. The molecular formula is C18H18N2O5. The second kappa shape index (κ2) is 7.87. The maximum atomic E-state index is 12.2. The Morgan fingerprint density at radius 1 is 1.08 bits per heavy atom. The normalized spacial score (nSPS) is 20.5. The minimum Gasteiger partial charge on any atom is -0.348 e. The highest BCUT2D eigenvalue weighted by Gasteiger charge is 2.23. The first-order valence-corrected chi connectivity index (χ1v) is 7.97. The molecule has 130 valence electrons. The number of nitro groups is 1. The van der Waals surface area contributed by atoms with Crippen molar-refractivity contribution < 1.29 is 19.2 Å². The number of nitro benzene ring substituents is 1. The molecule has 0 bridgehead atoms. The third-order valence-corrected chi connectivity index (χ3v) is 3.93. The molecule has 25 heavy (non-hydrogen) atoms. The van der Waals surface area contributed by atoms with E-state index in [1.165, 1.54) is 12.1 Å². The quantitative estimate of drug-likeness (QED) is 0.681. The molecule has 1 N–H and O–H groups in total.